The van der Waals surface area contributed by atoms with E-state index in [4.69, 9.17) is 11.6 Å². The van der Waals surface area contributed by atoms with Crippen molar-refractivity contribution in [3.63, 3.8) is 0 Å². The summed E-state index contributed by atoms with van der Waals surface area (Å²) < 4.78 is 1.41. The first-order valence-electron chi connectivity index (χ1n) is 8.56. The van der Waals surface area contributed by atoms with Gasteiger partial charge in [-0.25, -0.2) is 4.98 Å². The van der Waals surface area contributed by atoms with Crippen LogP contribution in [0, 0.1) is 0 Å². The molecule has 0 bridgehead atoms. The van der Waals surface area contributed by atoms with Crippen molar-refractivity contribution in [2.75, 3.05) is 6.54 Å². The number of carbonyl (C=O) groups is 1. The molecule has 27 heavy (non-hydrogen) atoms. The maximum Gasteiger partial charge on any atom is 0.265 e. The van der Waals surface area contributed by atoms with Gasteiger partial charge in [0, 0.05) is 17.8 Å². The maximum absolute atomic E-state index is 12.7. The summed E-state index contributed by atoms with van der Waals surface area (Å²) in [5.41, 5.74) is 2.47. The van der Waals surface area contributed by atoms with Gasteiger partial charge >= 0.3 is 0 Å². The third-order valence-electron chi connectivity index (χ3n) is 4.39. The van der Waals surface area contributed by atoms with Gasteiger partial charge in [0.15, 0.2) is 0 Å². The number of amides is 1. The number of hydrogen-bond acceptors (Lipinski definition) is 3. The first kappa shape index (κ1) is 17.2. The molecule has 2 heterocycles. The Labute approximate surface area is 160 Å². The van der Waals surface area contributed by atoms with E-state index >= 15 is 0 Å². The SMILES string of the molecule is O=C(NCCc1ccc(Cl)cc1)c1ccc2nc3ccccc3c(=O)n2c1. The average Bonchev–Trinajstić information content (AvgIpc) is 2.69. The Morgan fingerprint density at radius 2 is 1.81 bits per heavy atom. The van der Waals surface area contributed by atoms with E-state index in [1.54, 1.807) is 30.3 Å². The highest BCUT2D eigenvalue weighted by Gasteiger charge is 2.09. The molecule has 6 heteroatoms. The highest BCUT2D eigenvalue weighted by Crippen LogP contribution is 2.11. The van der Waals surface area contributed by atoms with Crippen LogP contribution in [0.2, 0.25) is 5.02 Å². The van der Waals surface area contributed by atoms with E-state index in [0.29, 0.717) is 40.1 Å². The molecule has 0 unspecified atom stereocenters. The van der Waals surface area contributed by atoms with E-state index in [1.165, 1.54) is 10.6 Å². The summed E-state index contributed by atoms with van der Waals surface area (Å²) in [5, 5.41) is 4.08. The van der Waals surface area contributed by atoms with Gasteiger partial charge in [0.05, 0.1) is 16.5 Å². The van der Waals surface area contributed by atoms with Crippen molar-refractivity contribution in [1.29, 1.82) is 0 Å². The van der Waals surface area contributed by atoms with Crippen molar-refractivity contribution in [3.8, 4) is 0 Å². The summed E-state index contributed by atoms with van der Waals surface area (Å²) >= 11 is 5.87. The Hall–Kier alpha value is -3.18. The standard InChI is InChI=1S/C21H16ClN3O2/c22-16-8-5-14(6-9-16)11-12-23-20(26)15-7-10-19-24-18-4-2-1-3-17(18)21(27)25(19)13-15/h1-10,13H,11-12H2,(H,23,26). The van der Waals surface area contributed by atoms with Crippen LogP contribution in [-0.2, 0) is 6.42 Å². The molecule has 2 aromatic carbocycles. The van der Waals surface area contributed by atoms with Gasteiger partial charge in [-0.15, -0.1) is 0 Å². The molecule has 0 saturated carbocycles. The molecule has 4 aromatic rings. The van der Waals surface area contributed by atoms with Gasteiger partial charge in [-0.2, -0.15) is 0 Å². The van der Waals surface area contributed by atoms with Gasteiger partial charge in [-0.1, -0.05) is 35.9 Å². The molecule has 0 fully saturated rings. The zero-order valence-electron chi connectivity index (χ0n) is 14.4. The minimum Gasteiger partial charge on any atom is -0.352 e. The molecule has 2 aromatic heterocycles. The molecule has 0 aliphatic carbocycles. The number of para-hydroxylation sites is 1. The van der Waals surface area contributed by atoms with Crippen LogP contribution in [0.3, 0.4) is 0 Å². The predicted molar refractivity (Wildman–Crippen MR) is 106 cm³/mol. The minimum absolute atomic E-state index is 0.189. The van der Waals surface area contributed by atoms with Crippen molar-refractivity contribution in [1.82, 2.24) is 14.7 Å². The summed E-state index contributed by atoms with van der Waals surface area (Å²) in [6, 6.07) is 18.0. The van der Waals surface area contributed by atoms with Gasteiger partial charge in [-0.05, 0) is 48.4 Å². The molecule has 0 atom stereocenters. The summed E-state index contributed by atoms with van der Waals surface area (Å²) in [7, 11) is 0. The Morgan fingerprint density at radius 3 is 2.63 bits per heavy atom. The summed E-state index contributed by atoms with van der Waals surface area (Å²) in [4.78, 5) is 29.6. The summed E-state index contributed by atoms with van der Waals surface area (Å²) in [5.74, 6) is -0.231. The largest absolute Gasteiger partial charge is 0.352 e. The number of halogens is 1. The summed E-state index contributed by atoms with van der Waals surface area (Å²) in [6.07, 6.45) is 2.23. The zero-order valence-corrected chi connectivity index (χ0v) is 15.1. The molecule has 1 N–H and O–H groups in total. The second-order valence-corrected chi connectivity index (χ2v) is 6.65. The number of fused-ring (bicyclic) bond motifs is 2. The van der Waals surface area contributed by atoms with Gasteiger partial charge < -0.3 is 5.32 Å². The van der Waals surface area contributed by atoms with Crippen LogP contribution in [-0.4, -0.2) is 21.8 Å². The lowest BCUT2D eigenvalue weighted by Gasteiger charge is -2.08. The van der Waals surface area contributed by atoms with Crippen LogP contribution in [0.4, 0.5) is 0 Å². The van der Waals surface area contributed by atoms with Crippen molar-refractivity contribution >= 4 is 34.1 Å². The van der Waals surface area contributed by atoms with E-state index in [1.807, 2.05) is 30.3 Å². The monoisotopic (exact) mass is 377 g/mol. The molecule has 0 aliphatic rings. The van der Waals surface area contributed by atoms with Crippen molar-refractivity contribution in [3.05, 3.63) is 93.4 Å². The van der Waals surface area contributed by atoms with Gasteiger partial charge in [-0.3, -0.25) is 14.0 Å². The molecular weight excluding hydrogens is 362 g/mol. The number of aromatic nitrogens is 2. The molecule has 4 rings (SSSR count). The van der Waals surface area contributed by atoms with Crippen LogP contribution in [0.25, 0.3) is 16.6 Å². The Balaban J connectivity index is 1.55. The average molecular weight is 378 g/mol. The van der Waals surface area contributed by atoms with E-state index < -0.39 is 0 Å². The van der Waals surface area contributed by atoms with E-state index in [2.05, 4.69) is 10.3 Å². The Kier molecular flexibility index (Phi) is 4.60. The van der Waals surface area contributed by atoms with E-state index in [9.17, 15) is 9.59 Å². The fourth-order valence-corrected chi connectivity index (χ4v) is 3.09. The Bertz CT molecular complexity index is 1200. The topological polar surface area (TPSA) is 63.5 Å². The summed E-state index contributed by atoms with van der Waals surface area (Å²) in [6.45, 7) is 0.489. The van der Waals surface area contributed by atoms with Crippen LogP contribution in [0.5, 0.6) is 0 Å². The number of nitrogens with one attached hydrogen (secondary N) is 1. The molecule has 0 saturated heterocycles. The smallest absolute Gasteiger partial charge is 0.265 e. The number of carbonyl (C=O) groups excluding carboxylic acids is 1. The molecule has 0 radical (unpaired) electrons. The number of pyridine rings is 1. The van der Waals surface area contributed by atoms with Crippen LogP contribution >= 0.6 is 11.6 Å². The lowest BCUT2D eigenvalue weighted by molar-refractivity contribution is 0.0953. The van der Waals surface area contributed by atoms with Crippen LogP contribution < -0.4 is 10.9 Å². The van der Waals surface area contributed by atoms with E-state index in [0.717, 1.165) is 5.56 Å². The first-order valence-corrected chi connectivity index (χ1v) is 8.93. The minimum atomic E-state index is -0.231. The molecule has 0 aliphatic heterocycles. The number of rotatable bonds is 4. The fourth-order valence-electron chi connectivity index (χ4n) is 2.96. The molecule has 134 valence electrons. The predicted octanol–water partition coefficient (Wildman–Crippen LogP) is 3.47. The molecule has 1 amide bonds. The highest BCUT2D eigenvalue weighted by molar-refractivity contribution is 6.30. The van der Waals surface area contributed by atoms with Gasteiger partial charge in [0.2, 0.25) is 0 Å². The first-order chi connectivity index (χ1) is 13.1. The zero-order chi connectivity index (χ0) is 18.8. The van der Waals surface area contributed by atoms with Crippen LogP contribution in [0.15, 0.2) is 71.7 Å². The van der Waals surface area contributed by atoms with Crippen LogP contribution in [0.1, 0.15) is 15.9 Å². The highest BCUT2D eigenvalue weighted by atomic mass is 35.5. The quantitative estimate of drug-likeness (QED) is 0.554. The normalized spacial score (nSPS) is 11.0. The number of hydrogen-bond donors (Lipinski definition) is 1. The maximum atomic E-state index is 12.7. The van der Waals surface area contributed by atoms with E-state index in [-0.39, 0.29) is 11.5 Å². The third kappa shape index (κ3) is 3.55. The van der Waals surface area contributed by atoms with Crippen molar-refractivity contribution in [2.45, 2.75) is 6.42 Å². The number of nitrogens with zero attached hydrogens (tertiary/aromatic N) is 2. The molecule has 5 nitrogen and oxygen atoms in total. The molecular formula is C21H16ClN3O2. The lowest BCUT2D eigenvalue weighted by Crippen LogP contribution is -2.26. The van der Waals surface area contributed by atoms with Crippen molar-refractivity contribution in [2.24, 2.45) is 0 Å². The number of benzene rings is 2. The lowest BCUT2D eigenvalue weighted by atomic mass is 10.1. The van der Waals surface area contributed by atoms with Gasteiger partial charge in [0.1, 0.15) is 5.65 Å². The van der Waals surface area contributed by atoms with Crippen molar-refractivity contribution < 1.29 is 4.79 Å². The Morgan fingerprint density at radius 1 is 1.04 bits per heavy atom. The second-order valence-electron chi connectivity index (χ2n) is 6.21. The second kappa shape index (κ2) is 7.21. The fraction of sp³-hybridized carbons (Fsp3) is 0.0952. The van der Waals surface area contributed by atoms with Gasteiger partial charge in [0.25, 0.3) is 11.5 Å². The third-order valence-corrected chi connectivity index (χ3v) is 4.64. The molecule has 0 spiro atoms.